The Labute approximate surface area is 125 Å². The first kappa shape index (κ1) is 15.0. The molecular formula is C15H16F3NO3. The molecule has 22 heavy (non-hydrogen) atoms. The van der Waals surface area contributed by atoms with Crippen molar-refractivity contribution in [2.75, 3.05) is 20.3 Å². The summed E-state index contributed by atoms with van der Waals surface area (Å²) < 4.78 is 48.0. The van der Waals surface area contributed by atoms with Crippen molar-refractivity contribution in [3.8, 4) is 11.5 Å². The van der Waals surface area contributed by atoms with Crippen LogP contribution in [0.2, 0.25) is 0 Å². The minimum atomic E-state index is -4.47. The van der Waals surface area contributed by atoms with Crippen molar-refractivity contribution in [1.29, 1.82) is 0 Å². The topological polar surface area (TPSA) is 38.8 Å². The highest BCUT2D eigenvalue weighted by Gasteiger charge is 2.46. The standard InChI is InChI=1S/C15H16F3NO3/c1-19(13(20)8-15(16,17)18)11-7-10(11)9-3-2-4-12-14(9)22-6-5-21-12/h2-4,10-11H,5-8H2,1H3. The van der Waals surface area contributed by atoms with Crippen molar-refractivity contribution in [3.63, 3.8) is 0 Å². The van der Waals surface area contributed by atoms with E-state index in [-0.39, 0.29) is 12.0 Å². The predicted octanol–water partition coefficient (Wildman–Crippen LogP) is 2.72. The van der Waals surface area contributed by atoms with Crippen LogP contribution in [0.15, 0.2) is 18.2 Å². The number of amides is 1. The normalized spacial score (nSPS) is 23.1. The molecule has 1 aliphatic heterocycles. The smallest absolute Gasteiger partial charge is 0.397 e. The first-order valence-corrected chi connectivity index (χ1v) is 7.08. The number of likely N-dealkylation sites (N-methyl/N-ethyl adjacent to an activating group) is 1. The van der Waals surface area contributed by atoms with E-state index >= 15 is 0 Å². The van der Waals surface area contributed by atoms with Gasteiger partial charge in [-0.1, -0.05) is 12.1 Å². The molecule has 0 N–H and O–H groups in total. The van der Waals surface area contributed by atoms with Crippen LogP contribution in [0.1, 0.15) is 24.3 Å². The third-order valence-corrected chi connectivity index (χ3v) is 4.00. The summed E-state index contributed by atoms with van der Waals surface area (Å²) in [6.45, 7) is 0.929. The summed E-state index contributed by atoms with van der Waals surface area (Å²) in [6.07, 6.45) is -5.25. The van der Waals surface area contributed by atoms with Gasteiger partial charge in [-0.15, -0.1) is 0 Å². The maximum atomic E-state index is 12.3. The molecule has 1 aromatic carbocycles. The number of halogens is 3. The number of alkyl halides is 3. The monoisotopic (exact) mass is 315 g/mol. The lowest BCUT2D eigenvalue weighted by molar-refractivity contribution is -0.160. The largest absolute Gasteiger partial charge is 0.486 e. The van der Waals surface area contributed by atoms with E-state index in [9.17, 15) is 18.0 Å². The van der Waals surface area contributed by atoms with E-state index < -0.39 is 18.5 Å². The van der Waals surface area contributed by atoms with Gasteiger partial charge >= 0.3 is 6.18 Å². The Bertz CT molecular complexity index is 588. The van der Waals surface area contributed by atoms with Crippen molar-refractivity contribution in [2.24, 2.45) is 0 Å². The average Bonchev–Trinajstić information content (AvgIpc) is 3.24. The molecule has 7 heteroatoms. The number of hydrogen-bond donors (Lipinski definition) is 0. The molecule has 1 amide bonds. The Kier molecular flexibility index (Phi) is 3.66. The molecule has 2 unspecified atom stereocenters. The fourth-order valence-corrected chi connectivity index (χ4v) is 2.81. The number of rotatable bonds is 3. The van der Waals surface area contributed by atoms with E-state index in [1.807, 2.05) is 12.1 Å². The summed E-state index contributed by atoms with van der Waals surface area (Å²) in [4.78, 5) is 12.9. The summed E-state index contributed by atoms with van der Waals surface area (Å²) in [5.74, 6) is 0.400. The van der Waals surface area contributed by atoms with Crippen LogP contribution >= 0.6 is 0 Å². The molecule has 1 aromatic rings. The van der Waals surface area contributed by atoms with Gasteiger partial charge in [-0.25, -0.2) is 0 Å². The van der Waals surface area contributed by atoms with Crippen molar-refractivity contribution >= 4 is 5.91 Å². The summed E-state index contributed by atoms with van der Waals surface area (Å²) in [5.41, 5.74) is 0.897. The molecule has 120 valence electrons. The number of fused-ring (bicyclic) bond motifs is 1. The highest BCUT2D eigenvalue weighted by atomic mass is 19.4. The highest BCUT2D eigenvalue weighted by Crippen LogP contribution is 2.50. The van der Waals surface area contributed by atoms with Gasteiger partial charge in [-0.05, 0) is 12.5 Å². The lowest BCUT2D eigenvalue weighted by atomic mass is 10.1. The molecule has 1 heterocycles. The molecule has 1 aliphatic carbocycles. The Hall–Kier alpha value is -1.92. The van der Waals surface area contributed by atoms with Crippen molar-refractivity contribution in [2.45, 2.75) is 31.0 Å². The summed E-state index contributed by atoms with van der Waals surface area (Å²) in [6, 6.07) is 5.29. The Morgan fingerprint density at radius 2 is 2.05 bits per heavy atom. The Balaban J connectivity index is 1.71. The number of para-hydroxylation sites is 1. The van der Waals surface area contributed by atoms with E-state index in [0.29, 0.717) is 31.1 Å². The maximum Gasteiger partial charge on any atom is 0.397 e. The van der Waals surface area contributed by atoms with Gasteiger partial charge in [0.05, 0.1) is 0 Å². The van der Waals surface area contributed by atoms with Gasteiger partial charge in [0, 0.05) is 24.6 Å². The summed E-state index contributed by atoms with van der Waals surface area (Å²) >= 11 is 0. The Morgan fingerprint density at radius 1 is 1.32 bits per heavy atom. The second kappa shape index (κ2) is 5.37. The van der Waals surface area contributed by atoms with Crippen LogP contribution in [0, 0.1) is 0 Å². The third-order valence-electron chi connectivity index (χ3n) is 4.00. The fourth-order valence-electron chi connectivity index (χ4n) is 2.81. The molecule has 2 atom stereocenters. The average molecular weight is 315 g/mol. The number of ether oxygens (including phenoxy) is 2. The predicted molar refractivity (Wildman–Crippen MR) is 72.0 cm³/mol. The van der Waals surface area contributed by atoms with Gasteiger partial charge in [0.2, 0.25) is 5.91 Å². The molecule has 1 fully saturated rings. The first-order chi connectivity index (χ1) is 10.4. The molecule has 0 radical (unpaired) electrons. The molecule has 0 bridgehead atoms. The lowest BCUT2D eigenvalue weighted by Gasteiger charge is -2.22. The van der Waals surface area contributed by atoms with Gasteiger partial charge in [-0.2, -0.15) is 13.2 Å². The number of carbonyl (C=O) groups excluding carboxylic acids is 1. The molecule has 3 rings (SSSR count). The fraction of sp³-hybridized carbons (Fsp3) is 0.533. The van der Waals surface area contributed by atoms with Gasteiger partial charge in [0.1, 0.15) is 19.6 Å². The minimum absolute atomic E-state index is 0.00108. The number of benzene rings is 1. The van der Waals surface area contributed by atoms with Crippen LogP contribution in [0.25, 0.3) is 0 Å². The number of carbonyl (C=O) groups is 1. The van der Waals surface area contributed by atoms with E-state index in [1.54, 1.807) is 6.07 Å². The van der Waals surface area contributed by atoms with E-state index in [2.05, 4.69) is 0 Å². The van der Waals surface area contributed by atoms with Crippen molar-refractivity contribution in [1.82, 2.24) is 4.90 Å². The zero-order valence-corrected chi connectivity index (χ0v) is 12.0. The van der Waals surface area contributed by atoms with Crippen molar-refractivity contribution < 1.29 is 27.4 Å². The van der Waals surface area contributed by atoms with Crippen LogP contribution < -0.4 is 9.47 Å². The van der Waals surface area contributed by atoms with E-state index in [0.717, 1.165) is 5.56 Å². The molecule has 2 aliphatic rings. The summed E-state index contributed by atoms with van der Waals surface area (Å²) in [7, 11) is 1.42. The quantitative estimate of drug-likeness (QED) is 0.861. The number of nitrogens with zero attached hydrogens (tertiary/aromatic N) is 1. The van der Waals surface area contributed by atoms with Gasteiger partial charge in [-0.3, -0.25) is 4.79 Å². The zero-order valence-electron chi connectivity index (χ0n) is 12.0. The molecule has 1 saturated carbocycles. The molecular weight excluding hydrogens is 299 g/mol. The molecule has 4 nitrogen and oxygen atoms in total. The Morgan fingerprint density at radius 3 is 2.77 bits per heavy atom. The second-order valence-electron chi connectivity index (χ2n) is 5.58. The van der Waals surface area contributed by atoms with Gasteiger partial charge in [0.25, 0.3) is 0 Å². The van der Waals surface area contributed by atoms with Crippen LogP contribution in [0.5, 0.6) is 11.5 Å². The number of hydrogen-bond acceptors (Lipinski definition) is 3. The maximum absolute atomic E-state index is 12.3. The van der Waals surface area contributed by atoms with Gasteiger partial charge in [0.15, 0.2) is 11.5 Å². The van der Waals surface area contributed by atoms with E-state index in [4.69, 9.17) is 9.47 Å². The zero-order chi connectivity index (χ0) is 15.9. The van der Waals surface area contributed by atoms with Crippen LogP contribution in [0.4, 0.5) is 13.2 Å². The minimum Gasteiger partial charge on any atom is -0.486 e. The lowest BCUT2D eigenvalue weighted by Crippen LogP contribution is -2.33. The highest BCUT2D eigenvalue weighted by molar-refractivity contribution is 5.77. The molecule has 0 saturated heterocycles. The van der Waals surface area contributed by atoms with Gasteiger partial charge < -0.3 is 14.4 Å². The SMILES string of the molecule is CN(C(=O)CC(F)(F)F)C1CC1c1cccc2c1OCCO2. The van der Waals surface area contributed by atoms with Crippen LogP contribution in [-0.4, -0.2) is 43.3 Å². The second-order valence-corrected chi connectivity index (χ2v) is 5.58. The summed E-state index contributed by atoms with van der Waals surface area (Å²) in [5, 5.41) is 0. The van der Waals surface area contributed by atoms with Crippen LogP contribution in [-0.2, 0) is 4.79 Å². The molecule has 0 spiro atoms. The first-order valence-electron chi connectivity index (χ1n) is 7.08. The van der Waals surface area contributed by atoms with Crippen LogP contribution in [0.3, 0.4) is 0 Å². The third kappa shape index (κ3) is 2.98. The van der Waals surface area contributed by atoms with E-state index in [1.165, 1.54) is 11.9 Å². The van der Waals surface area contributed by atoms with Crippen molar-refractivity contribution in [3.05, 3.63) is 23.8 Å². The molecule has 0 aromatic heterocycles.